The van der Waals surface area contributed by atoms with Gasteiger partial charge in [0.1, 0.15) is 6.61 Å². The van der Waals surface area contributed by atoms with Crippen molar-refractivity contribution in [3.05, 3.63) is 0 Å². The third kappa shape index (κ3) is 4.15. The number of rotatable bonds is 6. The van der Waals surface area contributed by atoms with Crippen molar-refractivity contribution in [3.63, 3.8) is 0 Å². The van der Waals surface area contributed by atoms with Gasteiger partial charge in [-0.2, -0.15) is 0 Å². The smallest absolute Gasteiger partial charge is 0.248 e. The summed E-state index contributed by atoms with van der Waals surface area (Å²) in [7, 11) is 1.69. The first-order valence-electron chi connectivity index (χ1n) is 5.32. The van der Waals surface area contributed by atoms with E-state index in [1.807, 2.05) is 4.90 Å². The number of hydrogen-bond donors (Lipinski definition) is 1. The molecule has 1 amide bonds. The van der Waals surface area contributed by atoms with E-state index in [-0.39, 0.29) is 12.5 Å². The van der Waals surface area contributed by atoms with Crippen LogP contribution in [0.1, 0.15) is 6.42 Å². The Morgan fingerprint density at radius 2 is 2.40 bits per heavy atom. The van der Waals surface area contributed by atoms with E-state index in [0.717, 1.165) is 26.1 Å². The van der Waals surface area contributed by atoms with Crippen LogP contribution in [-0.4, -0.2) is 57.4 Å². The van der Waals surface area contributed by atoms with Crippen molar-refractivity contribution in [1.82, 2.24) is 4.90 Å². The largest absolute Gasteiger partial charge is 0.384 e. The van der Waals surface area contributed by atoms with Crippen molar-refractivity contribution in [2.24, 2.45) is 11.7 Å². The highest BCUT2D eigenvalue weighted by molar-refractivity contribution is 5.77. The molecule has 15 heavy (non-hydrogen) atoms. The van der Waals surface area contributed by atoms with Gasteiger partial charge in [-0.25, -0.2) is 0 Å². The third-order valence-corrected chi connectivity index (χ3v) is 2.53. The van der Waals surface area contributed by atoms with E-state index >= 15 is 0 Å². The number of carbonyl (C=O) groups excluding carboxylic acids is 1. The molecule has 1 unspecified atom stereocenters. The Labute approximate surface area is 90.5 Å². The van der Waals surface area contributed by atoms with Gasteiger partial charge in [-0.05, 0) is 6.42 Å². The van der Waals surface area contributed by atoms with Gasteiger partial charge in [0.2, 0.25) is 5.91 Å². The summed E-state index contributed by atoms with van der Waals surface area (Å²) in [6.07, 6.45) is 1.02. The van der Waals surface area contributed by atoms with E-state index in [9.17, 15) is 4.79 Å². The molecule has 0 saturated carbocycles. The van der Waals surface area contributed by atoms with Gasteiger partial charge in [0.25, 0.3) is 0 Å². The lowest BCUT2D eigenvalue weighted by Crippen LogP contribution is -2.33. The van der Waals surface area contributed by atoms with Gasteiger partial charge >= 0.3 is 0 Å². The summed E-state index contributed by atoms with van der Waals surface area (Å²) in [6.45, 7) is 3.39. The molecule has 2 N–H and O–H groups in total. The molecule has 88 valence electrons. The second kappa shape index (κ2) is 6.76. The van der Waals surface area contributed by atoms with Crippen molar-refractivity contribution in [3.8, 4) is 0 Å². The van der Waals surface area contributed by atoms with Crippen molar-refractivity contribution in [2.45, 2.75) is 6.42 Å². The zero-order valence-electron chi connectivity index (χ0n) is 9.28. The quantitative estimate of drug-likeness (QED) is 0.605. The number of nitrogens with two attached hydrogens (primary N) is 1. The lowest BCUT2D eigenvalue weighted by Gasteiger charge is -2.16. The molecule has 1 aliphatic rings. The Morgan fingerprint density at radius 3 is 3.07 bits per heavy atom. The molecule has 1 aliphatic heterocycles. The lowest BCUT2D eigenvalue weighted by atomic mass is 10.1. The van der Waals surface area contributed by atoms with Gasteiger partial charge in [0.05, 0.1) is 13.2 Å². The van der Waals surface area contributed by atoms with Crippen LogP contribution in [0.25, 0.3) is 0 Å². The Hall–Kier alpha value is -0.650. The molecule has 0 radical (unpaired) electrons. The number of likely N-dealkylation sites (tertiary alicyclic amines) is 1. The summed E-state index contributed by atoms with van der Waals surface area (Å²) in [5.41, 5.74) is 5.26. The molecule has 0 aromatic rings. The van der Waals surface area contributed by atoms with Gasteiger partial charge in [-0.1, -0.05) is 0 Å². The Balaban J connectivity index is 2.18. The molecule has 1 saturated heterocycles. The molecule has 0 bridgehead atoms. The maximum absolute atomic E-state index is 11.6. The highest BCUT2D eigenvalue weighted by atomic mass is 16.5. The maximum atomic E-state index is 11.6. The van der Waals surface area contributed by atoms with Crippen molar-refractivity contribution in [1.29, 1.82) is 0 Å². The van der Waals surface area contributed by atoms with Gasteiger partial charge in [-0.3, -0.25) is 4.79 Å². The molecule has 0 aliphatic carbocycles. The van der Waals surface area contributed by atoms with Gasteiger partial charge in [-0.15, -0.1) is 0 Å². The van der Waals surface area contributed by atoms with Crippen LogP contribution < -0.4 is 5.73 Å². The van der Waals surface area contributed by atoms with Crippen molar-refractivity contribution < 1.29 is 14.3 Å². The van der Waals surface area contributed by atoms with Crippen molar-refractivity contribution >= 4 is 5.91 Å². The lowest BCUT2D eigenvalue weighted by molar-refractivity contribution is -0.135. The number of nitrogens with zero attached hydrogens (tertiary/aromatic N) is 1. The molecule has 0 aromatic carbocycles. The van der Waals surface area contributed by atoms with Crippen LogP contribution in [0.3, 0.4) is 0 Å². The first-order chi connectivity index (χ1) is 7.27. The Morgan fingerprint density at radius 1 is 1.60 bits per heavy atom. The number of methoxy groups -OCH3 is 1. The average molecular weight is 216 g/mol. The van der Waals surface area contributed by atoms with E-state index in [2.05, 4.69) is 0 Å². The number of ether oxygens (including phenoxy) is 2. The third-order valence-electron chi connectivity index (χ3n) is 2.53. The predicted molar refractivity (Wildman–Crippen MR) is 56.4 cm³/mol. The van der Waals surface area contributed by atoms with Crippen LogP contribution >= 0.6 is 0 Å². The minimum Gasteiger partial charge on any atom is -0.384 e. The molecule has 1 rings (SSSR count). The average Bonchev–Trinajstić information content (AvgIpc) is 2.67. The summed E-state index contributed by atoms with van der Waals surface area (Å²) in [5, 5.41) is 0. The fourth-order valence-electron chi connectivity index (χ4n) is 1.77. The molecule has 0 aromatic heterocycles. The zero-order chi connectivity index (χ0) is 11.1. The summed E-state index contributed by atoms with van der Waals surface area (Å²) in [5.74, 6) is 0.538. The van der Waals surface area contributed by atoms with Crippen molar-refractivity contribution in [2.75, 3.05) is 46.6 Å². The standard InChI is InChI=1S/C10H20N2O3/c1-14-7-9-2-4-12(6-9)10(13)8-15-5-3-11/h9H,2-8,11H2,1H3. The number of hydrogen-bond acceptors (Lipinski definition) is 4. The maximum Gasteiger partial charge on any atom is 0.248 e. The topological polar surface area (TPSA) is 64.8 Å². The van der Waals surface area contributed by atoms with Gasteiger partial charge < -0.3 is 20.1 Å². The van der Waals surface area contributed by atoms with E-state index < -0.39 is 0 Å². The fourth-order valence-corrected chi connectivity index (χ4v) is 1.77. The highest BCUT2D eigenvalue weighted by Gasteiger charge is 2.25. The van der Waals surface area contributed by atoms with E-state index in [1.54, 1.807) is 7.11 Å². The number of carbonyl (C=O) groups is 1. The summed E-state index contributed by atoms with van der Waals surface area (Å²) in [6, 6.07) is 0. The summed E-state index contributed by atoms with van der Waals surface area (Å²) < 4.78 is 10.2. The Bertz CT molecular complexity index is 199. The van der Waals surface area contributed by atoms with Crippen LogP contribution in [0.2, 0.25) is 0 Å². The molecule has 1 fully saturated rings. The van der Waals surface area contributed by atoms with Gasteiger partial charge in [0.15, 0.2) is 0 Å². The van der Waals surface area contributed by atoms with E-state index in [1.165, 1.54) is 0 Å². The van der Waals surface area contributed by atoms with Crippen LogP contribution in [0.4, 0.5) is 0 Å². The van der Waals surface area contributed by atoms with E-state index in [4.69, 9.17) is 15.2 Å². The highest BCUT2D eigenvalue weighted by Crippen LogP contribution is 2.16. The summed E-state index contributed by atoms with van der Waals surface area (Å²) in [4.78, 5) is 13.4. The van der Waals surface area contributed by atoms with Gasteiger partial charge in [0, 0.05) is 32.7 Å². The second-order valence-electron chi connectivity index (χ2n) is 3.79. The zero-order valence-corrected chi connectivity index (χ0v) is 9.28. The molecule has 1 atom stereocenters. The fraction of sp³-hybridized carbons (Fsp3) is 0.900. The molecule has 1 heterocycles. The monoisotopic (exact) mass is 216 g/mol. The van der Waals surface area contributed by atoms with E-state index in [0.29, 0.717) is 19.1 Å². The summed E-state index contributed by atoms with van der Waals surface area (Å²) >= 11 is 0. The molecule has 5 heteroatoms. The van der Waals surface area contributed by atoms with Crippen LogP contribution in [0.15, 0.2) is 0 Å². The molecule has 5 nitrogen and oxygen atoms in total. The molecule has 0 spiro atoms. The predicted octanol–water partition coefficient (Wildman–Crippen LogP) is -0.543. The SMILES string of the molecule is COCC1CCN(C(=O)COCCN)C1. The Kier molecular flexibility index (Phi) is 5.60. The first kappa shape index (κ1) is 12.4. The molecular formula is C10H20N2O3. The second-order valence-corrected chi connectivity index (χ2v) is 3.79. The number of amides is 1. The minimum atomic E-state index is 0.0575. The van der Waals surface area contributed by atoms with Crippen LogP contribution in [0.5, 0.6) is 0 Å². The molecular weight excluding hydrogens is 196 g/mol. The first-order valence-corrected chi connectivity index (χ1v) is 5.32. The minimum absolute atomic E-state index is 0.0575. The van der Waals surface area contributed by atoms with Crippen LogP contribution in [-0.2, 0) is 14.3 Å². The normalized spacial score (nSPS) is 20.9. The van der Waals surface area contributed by atoms with Crippen LogP contribution in [0, 0.1) is 5.92 Å².